The zero-order chi connectivity index (χ0) is 23.4. The number of amides is 1. The Morgan fingerprint density at radius 1 is 1.22 bits per heavy atom. The number of aromatic nitrogens is 4. The third kappa shape index (κ3) is 3.54. The minimum atomic E-state index is -0.660. The second kappa shape index (κ2) is 7.34. The average Bonchev–Trinajstić information content (AvgIpc) is 3.25. The summed E-state index contributed by atoms with van der Waals surface area (Å²) in [6.07, 6.45) is 1.11. The molecule has 0 aliphatic carbocycles. The van der Waals surface area contributed by atoms with Gasteiger partial charge in [0.1, 0.15) is 22.6 Å². The largest absolute Gasteiger partial charge is 0.443 e. The molecule has 1 aromatic carbocycles. The monoisotopic (exact) mass is 434 g/mol. The summed E-state index contributed by atoms with van der Waals surface area (Å²) in [6, 6.07) is 8.07. The summed E-state index contributed by atoms with van der Waals surface area (Å²) >= 11 is 0. The van der Waals surface area contributed by atoms with Crippen molar-refractivity contribution in [3.8, 4) is 17.3 Å². The van der Waals surface area contributed by atoms with Gasteiger partial charge in [0.2, 0.25) is 0 Å². The first-order valence-electron chi connectivity index (χ1n) is 9.98. The van der Waals surface area contributed by atoms with Gasteiger partial charge in [-0.15, -0.1) is 0 Å². The van der Waals surface area contributed by atoms with Crippen molar-refractivity contribution in [2.75, 3.05) is 11.9 Å². The van der Waals surface area contributed by atoms with Gasteiger partial charge in [0.15, 0.2) is 5.82 Å². The average molecular weight is 434 g/mol. The Bertz CT molecular complexity index is 1420. The number of ether oxygens (including phenoxy) is 1. The lowest BCUT2D eigenvalue weighted by Crippen LogP contribution is -2.34. The van der Waals surface area contributed by atoms with E-state index in [2.05, 4.69) is 4.98 Å². The van der Waals surface area contributed by atoms with Gasteiger partial charge in [0.25, 0.3) is 0 Å². The first-order valence-corrected chi connectivity index (χ1v) is 9.98. The Kier molecular flexibility index (Phi) is 4.89. The highest BCUT2D eigenvalue weighted by Crippen LogP contribution is 2.35. The van der Waals surface area contributed by atoms with Crippen molar-refractivity contribution in [1.82, 2.24) is 19.1 Å². The molecule has 8 nitrogen and oxygen atoms in total. The fourth-order valence-corrected chi connectivity index (χ4v) is 3.70. The third-order valence-corrected chi connectivity index (χ3v) is 5.12. The molecule has 0 unspecified atom stereocenters. The summed E-state index contributed by atoms with van der Waals surface area (Å²) in [7, 11) is 5.25. The summed E-state index contributed by atoms with van der Waals surface area (Å²) in [5.74, 6) is -0.139. The van der Waals surface area contributed by atoms with Crippen LogP contribution >= 0.6 is 0 Å². The molecular formula is C23H23FN6O2. The first-order chi connectivity index (χ1) is 15.0. The van der Waals surface area contributed by atoms with Gasteiger partial charge < -0.3 is 13.9 Å². The topological polar surface area (TPSA) is 89.0 Å². The minimum absolute atomic E-state index is 0.231. The van der Waals surface area contributed by atoms with Crippen LogP contribution in [-0.4, -0.2) is 37.8 Å². The number of hydrogen-bond acceptors (Lipinski definition) is 5. The molecule has 3 aromatic heterocycles. The predicted octanol–water partition coefficient (Wildman–Crippen LogP) is 4.51. The van der Waals surface area contributed by atoms with Crippen molar-refractivity contribution in [3.05, 3.63) is 42.0 Å². The summed E-state index contributed by atoms with van der Waals surface area (Å²) in [5, 5.41) is 10.0. The number of nitrogens with zero attached hydrogens (tertiary/aromatic N) is 6. The van der Waals surface area contributed by atoms with Gasteiger partial charge in [-0.3, -0.25) is 4.90 Å². The molecule has 3 heterocycles. The number of imidazole rings is 1. The van der Waals surface area contributed by atoms with E-state index in [4.69, 9.17) is 9.72 Å². The van der Waals surface area contributed by atoms with E-state index in [1.807, 2.05) is 28.3 Å². The number of aryl methyl sites for hydroxylation is 2. The number of anilines is 1. The fourth-order valence-electron chi connectivity index (χ4n) is 3.70. The van der Waals surface area contributed by atoms with Crippen LogP contribution in [0.3, 0.4) is 0 Å². The lowest BCUT2D eigenvalue weighted by atomic mass is 10.1. The quantitative estimate of drug-likeness (QED) is 0.463. The molecule has 0 aliphatic rings. The Balaban J connectivity index is 1.96. The van der Waals surface area contributed by atoms with E-state index in [-0.39, 0.29) is 5.56 Å². The SMILES string of the molecule is CN(C(=O)OC(C)(C)C)c1nc2c(cc(-c3cc(F)cc(C#N)c3)n2C)c2c1ncn2C. The van der Waals surface area contributed by atoms with Crippen LogP contribution in [0, 0.1) is 17.1 Å². The summed E-state index contributed by atoms with van der Waals surface area (Å²) in [6.45, 7) is 5.39. The molecule has 0 saturated heterocycles. The van der Waals surface area contributed by atoms with Crippen molar-refractivity contribution in [1.29, 1.82) is 5.26 Å². The van der Waals surface area contributed by atoms with E-state index in [1.165, 1.54) is 17.0 Å². The highest BCUT2D eigenvalue weighted by molar-refractivity contribution is 6.10. The van der Waals surface area contributed by atoms with Crippen LogP contribution in [0.4, 0.5) is 15.0 Å². The van der Waals surface area contributed by atoms with Crippen molar-refractivity contribution in [2.45, 2.75) is 26.4 Å². The number of carbonyl (C=O) groups excluding carboxylic acids is 1. The van der Waals surface area contributed by atoms with Crippen molar-refractivity contribution >= 4 is 34.0 Å². The van der Waals surface area contributed by atoms with Gasteiger partial charge in [-0.1, -0.05) is 0 Å². The number of rotatable bonds is 2. The molecule has 9 heteroatoms. The fraction of sp³-hybridized carbons (Fsp3) is 0.304. The second-order valence-electron chi connectivity index (χ2n) is 8.69. The van der Waals surface area contributed by atoms with Gasteiger partial charge in [-0.05, 0) is 45.0 Å². The van der Waals surface area contributed by atoms with Crippen molar-refractivity contribution in [3.63, 3.8) is 0 Å². The minimum Gasteiger partial charge on any atom is -0.443 e. The molecule has 0 fully saturated rings. The van der Waals surface area contributed by atoms with Crippen molar-refractivity contribution in [2.24, 2.45) is 14.1 Å². The molecule has 4 rings (SSSR count). The van der Waals surface area contributed by atoms with Crippen LogP contribution in [-0.2, 0) is 18.8 Å². The number of fused-ring (bicyclic) bond motifs is 3. The molecule has 0 saturated carbocycles. The first kappa shape index (κ1) is 21.3. The van der Waals surface area contributed by atoms with Gasteiger partial charge in [0, 0.05) is 32.1 Å². The van der Waals surface area contributed by atoms with Gasteiger partial charge in [-0.2, -0.15) is 5.26 Å². The highest BCUT2D eigenvalue weighted by Gasteiger charge is 2.26. The van der Waals surface area contributed by atoms with Crippen LogP contribution in [0.15, 0.2) is 30.6 Å². The lowest BCUT2D eigenvalue weighted by molar-refractivity contribution is 0.0588. The number of nitriles is 1. The van der Waals surface area contributed by atoms with Crippen LogP contribution in [0.1, 0.15) is 26.3 Å². The summed E-state index contributed by atoms with van der Waals surface area (Å²) in [5.41, 5.74) is 2.72. The normalized spacial score (nSPS) is 11.7. The molecule has 4 aromatic rings. The highest BCUT2D eigenvalue weighted by atomic mass is 19.1. The Hall–Kier alpha value is -3.93. The van der Waals surface area contributed by atoms with Crippen LogP contribution in [0.5, 0.6) is 0 Å². The van der Waals surface area contributed by atoms with Crippen LogP contribution in [0.25, 0.3) is 33.3 Å². The second-order valence-corrected chi connectivity index (χ2v) is 8.69. The van der Waals surface area contributed by atoms with E-state index in [0.29, 0.717) is 28.2 Å². The van der Waals surface area contributed by atoms with Gasteiger partial charge >= 0.3 is 6.09 Å². The standard InChI is InChI=1S/C23H23FN6O2/c1-23(2,3)32-22(31)30(6)21-18-19(28(4)12-26-18)16-10-17(29(5)20(16)27-21)14-7-13(11-25)8-15(24)9-14/h7-10,12H,1-6H3. The summed E-state index contributed by atoms with van der Waals surface area (Å²) in [4.78, 5) is 23.2. The van der Waals surface area contributed by atoms with E-state index in [9.17, 15) is 14.4 Å². The molecule has 32 heavy (non-hydrogen) atoms. The predicted molar refractivity (Wildman–Crippen MR) is 120 cm³/mol. The molecular weight excluding hydrogens is 411 g/mol. The van der Waals surface area contributed by atoms with Crippen LogP contribution in [0.2, 0.25) is 0 Å². The number of carbonyl (C=O) groups is 1. The zero-order valence-electron chi connectivity index (χ0n) is 18.8. The molecule has 0 radical (unpaired) electrons. The van der Waals surface area contributed by atoms with E-state index < -0.39 is 17.5 Å². The number of pyridine rings is 1. The van der Waals surface area contributed by atoms with Gasteiger partial charge in [-0.25, -0.2) is 19.2 Å². The van der Waals surface area contributed by atoms with Gasteiger partial charge in [0.05, 0.1) is 29.2 Å². The number of halogens is 1. The smallest absolute Gasteiger partial charge is 0.415 e. The molecule has 0 bridgehead atoms. The maximum Gasteiger partial charge on any atom is 0.415 e. The van der Waals surface area contributed by atoms with Crippen LogP contribution < -0.4 is 4.90 Å². The Morgan fingerprint density at radius 2 is 1.94 bits per heavy atom. The summed E-state index contributed by atoms with van der Waals surface area (Å²) < 4.78 is 23.3. The maximum absolute atomic E-state index is 14.1. The molecule has 0 aliphatic heterocycles. The lowest BCUT2D eigenvalue weighted by Gasteiger charge is -2.24. The number of hydrogen-bond donors (Lipinski definition) is 0. The Labute approximate surface area is 184 Å². The van der Waals surface area contributed by atoms with Crippen molar-refractivity contribution < 1.29 is 13.9 Å². The third-order valence-electron chi connectivity index (χ3n) is 5.12. The van der Waals surface area contributed by atoms with E-state index in [0.717, 1.165) is 10.9 Å². The molecule has 0 atom stereocenters. The Morgan fingerprint density at radius 3 is 2.59 bits per heavy atom. The zero-order valence-corrected chi connectivity index (χ0v) is 18.8. The van der Waals surface area contributed by atoms with E-state index >= 15 is 0 Å². The molecule has 0 spiro atoms. The molecule has 1 amide bonds. The number of benzene rings is 1. The molecule has 164 valence electrons. The maximum atomic E-state index is 14.1. The van der Waals surface area contributed by atoms with E-state index in [1.54, 1.807) is 47.3 Å². The molecule has 0 N–H and O–H groups in total.